The third kappa shape index (κ3) is 2.93. The maximum absolute atomic E-state index is 11.1. The summed E-state index contributed by atoms with van der Waals surface area (Å²) in [6, 6.07) is 9.54. The number of hydrogen-bond donors (Lipinski definition) is 1. The third-order valence-electron chi connectivity index (χ3n) is 4.21. The summed E-state index contributed by atoms with van der Waals surface area (Å²) >= 11 is 0. The van der Waals surface area contributed by atoms with Gasteiger partial charge in [-0.15, -0.1) is 0 Å². The van der Waals surface area contributed by atoms with Crippen molar-refractivity contribution < 1.29 is 4.92 Å². The van der Waals surface area contributed by atoms with Gasteiger partial charge in [-0.05, 0) is 55.4 Å². The summed E-state index contributed by atoms with van der Waals surface area (Å²) in [7, 11) is 0. The van der Waals surface area contributed by atoms with Crippen LogP contribution in [0.5, 0.6) is 0 Å². The zero-order valence-electron chi connectivity index (χ0n) is 12.6. The van der Waals surface area contributed by atoms with E-state index in [2.05, 4.69) is 28.5 Å². The van der Waals surface area contributed by atoms with Crippen LogP contribution in [0, 0.1) is 10.1 Å². The normalized spacial score (nSPS) is 15.0. The molecule has 1 aliphatic carbocycles. The smallest absolute Gasteiger partial charge is 0.311 e. The molecule has 1 N–H and O–H groups in total. The number of fused-ring (bicyclic) bond motifs is 1. The van der Waals surface area contributed by atoms with E-state index >= 15 is 0 Å². The van der Waals surface area contributed by atoms with E-state index in [-0.39, 0.29) is 11.7 Å². The Morgan fingerprint density at radius 3 is 2.77 bits per heavy atom. The van der Waals surface area contributed by atoms with Gasteiger partial charge in [0.05, 0.1) is 11.0 Å². The lowest BCUT2D eigenvalue weighted by Gasteiger charge is -2.20. The molecule has 5 heteroatoms. The minimum Gasteiger partial charge on any atom is -0.358 e. The number of benzene rings is 1. The lowest BCUT2D eigenvalue weighted by atomic mass is 9.89. The predicted octanol–water partition coefficient (Wildman–Crippen LogP) is 4.04. The van der Waals surface area contributed by atoms with E-state index in [0.29, 0.717) is 5.82 Å². The topological polar surface area (TPSA) is 68.1 Å². The van der Waals surface area contributed by atoms with Crippen LogP contribution in [0.4, 0.5) is 11.5 Å². The van der Waals surface area contributed by atoms with E-state index in [4.69, 9.17) is 0 Å². The van der Waals surface area contributed by atoms with Crippen molar-refractivity contribution in [2.24, 2.45) is 0 Å². The first-order chi connectivity index (χ1) is 10.6. The number of rotatable bonds is 4. The molecule has 2 aromatic rings. The molecule has 1 aromatic heterocycles. The Hall–Kier alpha value is -2.43. The molecule has 0 bridgehead atoms. The molecule has 1 aromatic carbocycles. The van der Waals surface area contributed by atoms with Gasteiger partial charge in [0.1, 0.15) is 0 Å². The largest absolute Gasteiger partial charge is 0.358 e. The standard InChI is InChI=1S/C17H19N3O2/c1-12(19-17-16(20(21)22)7-4-10-18-17)14-9-8-13-5-2-3-6-15(13)11-14/h4,7-12H,2-3,5-6H2,1H3,(H,18,19)/t12-/m0/s1. The summed E-state index contributed by atoms with van der Waals surface area (Å²) in [6.07, 6.45) is 6.35. The first-order valence-corrected chi connectivity index (χ1v) is 7.63. The van der Waals surface area contributed by atoms with Crippen LogP contribution in [-0.4, -0.2) is 9.91 Å². The van der Waals surface area contributed by atoms with Crippen LogP contribution in [0.25, 0.3) is 0 Å². The van der Waals surface area contributed by atoms with E-state index in [9.17, 15) is 10.1 Å². The van der Waals surface area contributed by atoms with Crippen molar-refractivity contribution >= 4 is 11.5 Å². The zero-order valence-corrected chi connectivity index (χ0v) is 12.6. The van der Waals surface area contributed by atoms with Gasteiger partial charge in [0.15, 0.2) is 0 Å². The van der Waals surface area contributed by atoms with E-state index in [0.717, 1.165) is 18.4 Å². The van der Waals surface area contributed by atoms with Gasteiger partial charge >= 0.3 is 5.69 Å². The van der Waals surface area contributed by atoms with Crippen molar-refractivity contribution in [3.8, 4) is 0 Å². The highest BCUT2D eigenvalue weighted by Gasteiger charge is 2.18. The van der Waals surface area contributed by atoms with Crippen molar-refractivity contribution in [2.75, 3.05) is 5.32 Å². The van der Waals surface area contributed by atoms with Crippen LogP contribution in [0.3, 0.4) is 0 Å². The maximum atomic E-state index is 11.1. The number of anilines is 1. The van der Waals surface area contributed by atoms with Crippen molar-refractivity contribution in [1.82, 2.24) is 4.98 Å². The first-order valence-electron chi connectivity index (χ1n) is 7.63. The molecule has 3 rings (SSSR count). The fraction of sp³-hybridized carbons (Fsp3) is 0.353. The minimum atomic E-state index is -0.408. The summed E-state index contributed by atoms with van der Waals surface area (Å²) in [4.78, 5) is 14.7. The van der Waals surface area contributed by atoms with E-state index in [1.807, 2.05) is 6.92 Å². The molecule has 1 aliphatic rings. The third-order valence-corrected chi connectivity index (χ3v) is 4.21. The number of pyridine rings is 1. The lowest BCUT2D eigenvalue weighted by molar-refractivity contribution is -0.384. The number of hydrogen-bond acceptors (Lipinski definition) is 4. The van der Waals surface area contributed by atoms with Crippen LogP contribution >= 0.6 is 0 Å². The summed E-state index contributed by atoms with van der Waals surface area (Å²) in [6.45, 7) is 2.00. The number of nitrogens with zero attached hydrogens (tertiary/aromatic N) is 2. The van der Waals surface area contributed by atoms with Crippen LogP contribution in [0.1, 0.15) is 42.5 Å². The Morgan fingerprint density at radius 2 is 2.00 bits per heavy atom. The monoisotopic (exact) mass is 297 g/mol. The molecule has 0 saturated carbocycles. The SMILES string of the molecule is C[C@H](Nc1ncccc1[N+](=O)[O-])c1ccc2c(c1)CCCC2. The van der Waals surface area contributed by atoms with E-state index in [1.54, 1.807) is 12.3 Å². The fourth-order valence-electron chi connectivity index (χ4n) is 2.97. The lowest BCUT2D eigenvalue weighted by Crippen LogP contribution is -2.11. The average Bonchev–Trinajstić information content (AvgIpc) is 2.54. The Morgan fingerprint density at radius 1 is 1.23 bits per heavy atom. The van der Waals surface area contributed by atoms with Gasteiger partial charge in [-0.3, -0.25) is 10.1 Å². The van der Waals surface area contributed by atoms with Gasteiger partial charge in [-0.2, -0.15) is 0 Å². The summed E-state index contributed by atoms with van der Waals surface area (Å²) in [5.41, 5.74) is 3.99. The van der Waals surface area contributed by atoms with Gasteiger partial charge in [-0.1, -0.05) is 18.2 Å². The van der Waals surface area contributed by atoms with Crippen molar-refractivity contribution in [3.63, 3.8) is 0 Å². The molecule has 1 atom stereocenters. The van der Waals surface area contributed by atoms with Gasteiger partial charge in [0, 0.05) is 12.3 Å². The van der Waals surface area contributed by atoms with Gasteiger partial charge < -0.3 is 5.32 Å². The van der Waals surface area contributed by atoms with Gasteiger partial charge in [0.2, 0.25) is 5.82 Å². The Labute approximate surface area is 129 Å². The molecular weight excluding hydrogens is 278 g/mol. The molecule has 114 valence electrons. The van der Waals surface area contributed by atoms with Crippen molar-refractivity contribution in [2.45, 2.75) is 38.6 Å². The van der Waals surface area contributed by atoms with Gasteiger partial charge in [-0.25, -0.2) is 4.98 Å². The molecule has 1 heterocycles. The molecule has 0 aliphatic heterocycles. The molecule has 0 fully saturated rings. The highest BCUT2D eigenvalue weighted by atomic mass is 16.6. The highest BCUT2D eigenvalue weighted by Crippen LogP contribution is 2.28. The molecular formula is C17H19N3O2. The molecule has 0 radical (unpaired) electrons. The Kier molecular flexibility index (Phi) is 4.04. The predicted molar refractivity (Wildman–Crippen MR) is 86.0 cm³/mol. The molecule has 5 nitrogen and oxygen atoms in total. The Bertz CT molecular complexity index is 700. The molecule has 0 amide bonds. The first kappa shape index (κ1) is 14.5. The zero-order chi connectivity index (χ0) is 15.5. The van der Waals surface area contributed by atoms with Gasteiger partial charge in [0.25, 0.3) is 0 Å². The summed E-state index contributed by atoms with van der Waals surface area (Å²) in [5, 5.41) is 14.2. The quantitative estimate of drug-likeness (QED) is 0.683. The maximum Gasteiger partial charge on any atom is 0.311 e. The second-order valence-electron chi connectivity index (χ2n) is 5.73. The van der Waals surface area contributed by atoms with Crippen molar-refractivity contribution in [3.05, 3.63) is 63.3 Å². The summed E-state index contributed by atoms with van der Waals surface area (Å²) < 4.78 is 0. The highest BCUT2D eigenvalue weighted by molar-refractivity contribution is 5.56. The van der Waals surface area contributed by atoms with Crippen molar-refractivity contribution in [1.29, 1.82) is 0 Å². The minimum absolute atomic E-state index is 0.00677. The molecule has 0 saturated heterocycles. The van der Waals surface area contributed by atoms with Crippen LogP contribution < -0.4 is 5.32 Å². The summed E-state index contributed by atoms with van der Waals surface area (Å²) in [5.74, 6) is 0.317. The number of nitro groups is 1. The van der Waals surface area contributed by atoms with Crippen LogP contribution in [-0.2, 0) is 12.8 Å². The Balaban J connectivity index is 1.83. The van der Waals surface area contributed by atoms with E-state index in [1.165, 1.54) is 30.0 Å². The molecule has 0 unspecified atom stereocenters. The molecule has 22 heavy (non-hydrogen) atoms. The van der Waals surface area contributed by atoms with Crippen LogP contribution in [0.2, 0.25) is 0 Å². The average molecular weight is 297 g/mol. The number of aromatic nitrogens is 1. The number of aryl methyl sites for hydroxylation is 2. The van der Waals surface area contributed by atoms with E-state index < -0.39 is 4.92 Å². The second-order valence-corrected chi connectivity index (χ2v) is 5.73. The number of nitrogens with one attached hydrogen (secondary N) is 1. The van der Waals surface area contributed by atoms with Crippen LogP contribution in [0.15, 0.2) is 36.5 Å². The fourth-order valence-corrected chi connectivity index (χ4v) is 2.97. The molecule has 0 spiro atoms. The second kappa shape index (κ2) is 6.13.